The van der Waals surface area contributed by atoms with Gasteiger partial charge in [0.25, 0.3) is 0 Å². The average Bonchev–Trinajstić information content (AvgIpc) is 2.53. The number of phenols is 1. The highest BCUT2D eigenvalue weighted by Gasteiger charge is 2.30. The largest absolute Gasteiger partial charge is 0.507 e. The Morgan fingerprint density at radius 2 is 1.72 bits per heavy atom. The molecule has 0 saturated heterocycles. The molecular formula is C16H9ClF3N3O2. The molecule has 1 heterocycles. The zero-order valence-electron chi connectivity index (χ0n) is 12.3. The Kier molecular flexibility index (Phi) is 4.22. The second-order valence-electron chi connectivity index (χ2n) is 5.04. The van der Waals surface area contributed by atoms with Gasteiger partial charge in [0.2, 0.25) is 0 Å². The summed E-state index contributed by atoms with van der Waals surface area (Å²) >= 11 is 6.02. The molecule has 0 unspecified atom stereocenters. The molecule has 2 aromatic carbocycles. The van der Waals surface area contributed by atoms with Gasteiger partial charge in [-0.2, -0.15) is 18.2 Å². The van der Waals surface area contributed by atoms with Crippen LogP contribution in [0.3, 0.4) is 0 Å². The van der Waals surface area contributed by atoms with Gasteiger partial charge < -0.3 is 5.11 Å². The molecule has 128 valence electrons. The number of nitrogens with one attached hydrogen (secondary N) is 1. The van der Waals surface area contributed by atoms with Crippen molar-refractivity contribution in [3.05, 3.63) is 63.5 Å². The molecule has 9 heteroatoms. The molecule has 3 aromatic rings. The zero-order chi connectivity index (χ0) is 18.2. The van der Waals surface area contributed by atoms with Crippen LogP contribution in [0.4, 0.5) is 13.2 Å². The van der Waals surface area contributed by atoms with E-state index in [2.05, 4.69) is 15.0 Å². The maximum Gasteiger partial charge on any atom is 0.416 e. The van der Waals surface area contributed by atoms with Gasteiger partial charge >= 0.3 is 11.9 Å². The minimum absolute atomic E-state index is 0.0435. The van der Waals surface area contributed by atoms with Crippen LogP contribution in [0, 0.1) is 0 Å². The van der Waals surface area contributed by atoms with Gasteiger partial charge in [0.1, 0.15) is 11.6 Å². The summed E-state index contributed by atoms with van der Waals surface area (Å²) in [6, 6.07) is 8.42. The molecular weight excluding hydrogens is 359 g/mol. The summed E-state index contributed by atoms with van der Waals surface area (Å²) in [4.78, 5) is 21.9. The number of benzene rings is 2. The van der Waals surface area contributed by atoms with Crippen LogP contribution in [0.25, 0.3) is 22.8 Å². The van der Waals surface area contributed by atoms with Crippen molar-refractivity contribution in [2.75, 3.05) is 0 Å². The van der Waals surface area contributed by atoms with Crippen LogP contribution >= 0.6 is 11.6 Å². The van der Waals surface area contributed by atoms with E-state index >= 15 is 0 Å². The van der Waals surface area contributed by atoms with Crippen LogP contribution in [-0.2, 0) is 6.18 Å². The molecule has 0 atom stereocenters. The maximum absolute atomic E-state index is 12.6. The third kappa shape index (κ3) is 3.48. The van der Waals surface area contributed by atoms with Crippen molar-refractivity contribution >= 4 is 11.6 Å². The van der Waals surface area contributed by atoms with Crippen LogP contribution in [0.15, 0.2) is 47.3 Å². The van der Waals surface area contributed by atoms with Crippen molar-refractivity contribution in [2.24, 2.45) is 0 Å². The van der Waals surface area contributed by atoms with E-state index in [9.17, 15) is 23.1 Å². The Hall–Kier alpha value is -2.87. The minimum Gasteiger partial charge on any atom is -0.507 e. The molecule has 0 aliphatic heterocycles. The maximum atomic E-state index is 12.6. The summed E-state index contributed by atoms with van der Waals surface area (Å²) in [5.41, 5.74) is -1.30. The quantitative estimate of drug-likeness (QED) is 0.720. The number of rotatable bonds is 2. The number of aromatic nitrogens is 3. The minimum atomic E-state index is -4.47. The molecule has 1 aromatic heterocycles. The summed E-state index contributed by atoms with van der Waals surface area (Å²) in [5.74, 6) is -0.343. The smallest absolute Gasteiger partial charge is 0.416 e. The standard InChI is InChI=1S/C16H9ClF3N3O2/c17-10-2-1-3-11(24)12(10)14-21-13(22-15(25)23-14)8-4-6-9(7-5-8)16(18,19)20/h1-7,24H,(H,21,22,23,25). The Morgan fingerprint density at radius 3 is 2.32 bits per heavy atom. The molecule has 2 N–H and O–H groups in total. The van der Waals surface area contributed by atoms with Gasteiger partial charge in [0.05, 0.1) is 16.1 Å². The number of aromatic hydroxyl groups is 1. The van der Waals surface area contributed by atoms with Crippen molar-refractivity contribution in [3.8, 4) is 28.5 Å². The first-order valence-electron chi connectivity index (χ1n) is 6.89. The fraction of sp³-hybridized carbons (Fsp3) is 0.0625. The number of nitrogens with zero attached hydrogens (tertiary/aromatic N) is 2. The Bertz CT molecular complexity index is 965. The number of aromatic amines is 1. The molecule has 0 bridgehead atoms. The van der Waals surface area contributed by atoms with Crippen molar-refractivity contribution in [1.29, 1.82) is 0 Å². The Morgan fingerprint density at radius 1 is 1.04 bits per heavy atom. The molecule has 0 fully saturated rings. The van der Waals surface area contributed by atoms with Crippen LogP contribution in [-0.4, -0.2) is 20.1 Å². The van der Waals surface area contributed by atoms with Crippen LogP contribution in [0.2, 0.25) is 5.02 Å². The second kappa shape index (κ2) is 6.21. The van der Waals surface area contributed by atoms with E-state index in [1.807, 2.05) is 0 Å². The first-order chi connectivity index (χ1) is 11.8. The van der Waals surface area contributed by atoms with Gasteiger partial charge in [-0.15, -0.1) is 0 Å². The van der Waals surface area contributed by atoms with Gasteiger partial charge in [0, 0.05) is 5.56 Å². The highest BCUT2D eigenvalue weighted by atomic mass is 35.5. The first-order valence-corrected chi connectivity index (χ1v) is 7.27. The van der Waals surface area contributed by atoms with Crippen LogP contribution in [0.1, 0.15) is 5.56 Å². The lowest BCUT2D eigenvalue weighted by Crippen LogP contribution is -2.14. The van der Waals surface area contributed by atoms with Gasteiger partial charge in [0.15, 0.2) is 5.82 Å². The summed E-state index contributed by atoms with van der Waals surface area (Å²) < 4.78 is 37.9. The van der Waals surface area contributed by atoms with Gasteiger partial charge in [-0.3, -0.25) is 4.98 Å². The average molecular weight is 368 g/mol. The fourth-order valence-electron chi connectivity index (χ4n) is 2.19. The van der Waals surface area contributed by atoms with Crippen molar-refractivity contribution < 1.29 is 18.3 Å². The third-order valence-corrected chi connectivity index (χ3v) is 3.66. The van der Waals surface area contributed by atoms with Crippen LogP contribution in [0.5, 0.6) is 5.75 Å². The molecule has 25 heavy (non-hydrogen) atoms. The van der Waals surface area contributed by atoms with E-state index in [4.69, 9.17) is 11.6 Å². The molecule has 0 spiro atoms. The lowest BCUT2D eigenvalue weighted by molar-refractivity contribution is -0.137. The summed E-state index contributed by atoms with van der Waals surface area (Å²) in [5, 5.41) is 10.1. The zero-order valence-corrected chi connectivity index (χ0v) is 13.1. The molecule has 0 radical (unpaired) electrons. The molecule has 5 nitrogen and oxygen atoms in total. The summed E-state index contributed by atoms with van der Waals surface area (Å²) in [6.45, 7) is 0. The van der Waals surface area contributed by atoms with E-state index in [1.54, 1.807) is 0 Å². The lowest BCUT2D eigenvalue weighted by atomic mass is 10.1. The number of halogens is 4. The fourth-order valence-corrected chi connectivity index (χ4v) is 2.45. The predicted molar refractivity (Wildman–Crippen MR) is 85.2 cm³/mol. The van der Waals surface area contributed by atoms with E-state index in [1.165, 1.54) is 18.2 Å². The molecule has 0 aliphatic carbocycles. The Labute approximate surface area is 143 Å². The lowest BCUT2D eigenvalue weighted by Gasteiger charge is -2.09. The number of alkyl halides is 3. The SMILES string of the molecule is O=c1nc(-c2ccc(C(F)(F)F)cc2)nc(-c2c(O)cccc2Cl)[nH]1. The number of phenolic OH excluding ortho intramolecular Hbond substituents is 1. The van der Waals surface area contributed by atoms with E-state index in [0.29, 0.717) is 0 Å². The number of hydrogen-bond donors (Lipinski definition) is 2. The van der Waals surface area contributed by atoms with Crippen molar-refractivity contribution in [1.82, 2.24) is 15.0 Å². The number of H-pyrrole nitrogens is 1. The number of hydrogen-bond acceptors (Lipinski definition) is 4. The summed E-state index contributed by atoms with van der Waals surface area (Å²) in [7, 11) is 0. The van der Waals surface area contributed by atoms with E-state index < -0.39 is 17.4 Å². The molecule has 0 saturated carbocycles. The van der Waals surface area contributed by atoms with E-state index in [0.717, 1.165) is 24.3 Å². The first kappa shape index (κ1) is 17.0. The van der Waals surface area contributed by atoms with E-state index in [-0.39, 0.29) is 33.5 Å². The molecule has 0 aliphatic rings. The summed E-state index contributed by atoms with van der Waals surface area (Å²) in [6.07, 6.45) is -4.47. The monoisotopic (exact) mass is 367 g/mol. The second-order valence-corrected chi connectivity index (χ2v) is 5.44. The van der Waals surface area contributed by atoms with Crippen LogP contribution < -0.4 is 5.69 Å². The highest BCUT2D eigenvalue weighted by molar-refractivity contribution is 6.33. The predicted octanol–water partition coefficient (Wildman–Crippen LogP) is 3.88. The molecule has 3 rings (SSSR count). The van der Waals surface area contributed by atoms with Crippen molar-refractivity contribution in [2.45, 2.75) is 6.18 Å². The van der Waals surface area contributed by atoms with Crippen molar-refractivity contribution in [3.63, 3.8) is 0 Å². The van der Waals surface area contributed by atoms with Gasteiger partial charge in [-0.05, 0) is 24.3 Å². The van der Waals surface area contributed by atoms with Gasteiger partial charge in [-0.25, -0.2) is 9.78 Å². The Balaban J connectivity index is 2.10. The highest BCUT2D eigenvalue weighted by Crippen LogP contribution is 2.34. The third-order valence-electron chi connectivity index (χ3n) is 3.35. The topological polar surface area (TPSA) is 78.9 Å². The molecule has 0 amide bonds. The normalized spacial score (nSPS) is 11.5. The van der Waals surface area contributed by atoms with Gasteiger partial charge in [-0.1, -0.05) is 29.8 Å².